The molecule has 25 heavy (non-hydrogen) atoms. The third kappa shape index (κ3) is 6.13. The van der Waals surface area contributed by atoms with Gasteiger partial charge in [0.15, 0.2) is 6.10 Å². The standard InChI is InChI=1S/C21H27NO2S/c1-5-19(24-20-11-8-16(3)14-17(20)4)21(23)22-12-13-25-18-9-6-15(2)7-10-18/h6-11,14,19H,5,12-13H2,1-4H3,(H,22,23)/t19-/m0/s1. The predicted molar refractivity (Wildman–Crippen MR) is 106 cm³/mol. The van der Waals surface area contributed by atoms with Crippen molar-refractivity contribution in [2.45, 2.75) is 45.1 Å². The molecular formula is C21H27NO2S. The highest BCUT2D eigenvalue weighted by Gasteiger charge is 2.18. The van der Waals surface area contributed by atoms with E-state index in [2.05, 4.69) is 42.6 Å². The molecule has 0 radical (unpaired) electrons. The molecule has 2 aromatic rings. The minimum atomic E-state index is -0.453. The summed E-state index contributed by atoms with van der Waals surface area (Å²) in [5, 5.41) is 2.98. The zero-order valence-electron chi connectivity index (χ0n) is 15.5. The molecule has 0 bridgehead atoms. The Bertz CT molecular complexity index is 698. The summed E-state index contributed by atoms with van der Waals surface area (Å²) in [6, 6.07) is 14.4. The van der Waals surface area contributed by atoms with Crippen LogP contribution in [0, 0.1) is 20.8 Å². The van der Waals surface area contributed by atoms with Gasteiger partial charge in [-0.3, -0.25) is 4.79 Å². The van der Waals surface area contributed by atoms with Crippen LogP contribution in [0.2, 0.25) is 0 Å². The van der Waals surface area contributed by atoms with E-state index < -0.39 is 6.10 Å². The van der Waals surface area contributed by atoms with Gasteiger partial charge in [-0.15, -0.1) is 11.8 Å². The fraction of sp³-hybridized carbons (Fsp3) is 0.381. The van der Waals surface area contributed by atoms with E-state index in [1.165, 1.54) is 16.0 Å². The molecular weight excluding hydrogens is 330 g/mol. The van der Waals surface area contributed by atoms with Crippen molar-refractivity contribution in [3.05, 3.63) is 59.2 Å². The first kappa shape index (κ1) is 19.4. The number of amides is 1. The molecule has 0 fully saturated rings. The summed E-state index contributed by atoms with van der Waals surface area (Å²) in [5.41, 5.74) is 3.50. The number of carbonyl (C=O) groups excluding carboxylic acids is 1. The number of hydrogen-bond donors (Lipinski definition) is 1. The number of nitrogens with one attached hydrogen (secondary N) is 1. The summed E-state index contributed by atoms with van der Waals surface area (Å²) in [6.07, 6.45) is 0.190. The van der Waals surface area contributed by atoms with Crippen molar-refractivity contribution in [1.82, 2.24) is 5.32 Å². The highest BCUT2D eigenvalue weighted by atomic mass is 32.2. The van der Waals surface area contributed by atoms with Crippen LogP contribution in [0.4, 0.5) is 0 Å². The first-order valence-electron chi connectivity index (χ1n) is 8.70. The van der Waals surface area contributed by atoms with Crippen molar-refractivity contribution < 1.29 is 9.53 Å². The first-order valence-corrected chi connectivity index (χ1v) is 9.69. The van der Waals surface area contributed by atoms with Crippen LogP contribution in [0.3, 0.4) is 0 Å². The molecule has 1 atom stereocenters. The van der Waals surface area contributed by atoms with E-state index in [4.69, 9.17) is 4.74 Å². The molecule has 2 aromatic carbocycles. The summed E-state index contributed by atoms with van der Waals surface area (Å²) < 4.78 is 5.92. The second-order valence-corrected chi connectivity index (χ2v) is 7.40. The highest BCUT2D eigenvalue weighted by molar-refractivity contribution is 7.99. The fourth-order valence-corrected chi connectivity index (χ4v) is 3.27. The van der Waals surface area contributed by atoms with Gasteiger partial charge in [-0.1, -0.05) is 42.3 Å². The summed E-state index contributed by atoms with van der Waals surface area (Å²) in [4.78, 5) is 13.6. The zero-order chi connectivity index (χ0) is 18.2. The third-order valence-corrected chi connectivity index (χ3v) is 4.97. The molecule has 0 spiro atoms. The Morgan fingerprint density at radius 3 is 2.40 bits per heavy atom. The quantitative estimate of drug-likeness (QED) is 0.551. The molecule has 0 aromatic heterocycles. The van der Waals surface area contributed by atoms with Crippen LogP contribution in [0.5, 0.6) is 5.75 Å². The van der Waals surface area contributed by atoms with E-state index in [0.717, 1.165) is 17.1 Å². The van der Waals surface area contributed by atoms with Crippen molar-refractivity contribution in [2.75, 3.05) is 12.3 Å². The van der Waals surface area contributed by atoms with E-state index >= 15 is 0 Å². The monoisotopic (exact) mass is 357 g/mol. The van der Waals surface area contributed by atoms with Crippen LogP contribution in [-0.2, 0) is 4.79 Å². The van der Waals surface area contributed by atoms with Crippen molar-refractivity contribution in [3.63, 3.8) is 0 Å². The molecule has 0 unspecified atom stereocenters. The van der Waals surface area contributed by atoms with Crippen molar-refractivity contribution >= 4 is 17.7 Å². The maximum atomic E-state index is 12.4. The first-order chi connectivity index (χ1) is 12.0. The average Bonchev–Trinajstić information content (AvgIpc) is 2.59. The van der Waals surface area contributed by atoms with Gasteiger partial charge < -0.3 is 10.1 Å². The number of carbonyl (C=O) groups is 1. The molecule has 134 valence electrons. The Kier molecular flexibility index (Phi) is 7.38. The minimum absolute atomic E-state index is 0.0491. The molecule has 1 N–H and O–H groups in total. The third-order valence-electron chi connectivity index (χ3n) is 3.95. The molecule has 1 amide bonds. The van der Waals surface area contributed by atoms with E-state index in [0.29, 0.717) is 13.0 Å². The topological polar surface area (TPSA) is 38.3 Å². The Morgan fingerprint density at radius 1 is 1.08 bits per heavy atom. The SMILES string of the molecule is CC[C@H](Oc1ccc(C)cc1C)C(=O)NCCSc1ccc(C)cc1. The van der Waals surface area contributed by atoms with Crippen molar-refractivity contribution in [3.8, 4) is 5.75 Å². The van der Waals surface area contributed by atoms with E-state index in [1.54, 1.807) is 11.8 Å². The lowest BCUT2D eigenvalue weighted by Crippen LogP contribution is -2.39. The summed E-state index contributed by atoms with van der Waals surface area (Å²) in [6.45, 7) is 8.73. The Hall–Kier alpha value is -1.94. The maximum absolute atomic E-state index is 12.4. The summed E-state index contributed by atoms with van der Waals surface area (Å²) in [5.74, 6) is 1.57. The Balaban J connectivity index is 1.80. The van der Waals surface area contributed by atoms with Crippen LogP contribution < -0.4 is 10.1 Å². The normalized spacial score (nSPS) is 11.8. The van der Waals surface area contributed by atoms with E-state index in [1.807, 2.05) is 32.9 Å². The lowest BCUT2D eigenvalue weighted by atomic mass is 10.1. The molecule has 0 aliphatic heterocycles. The van der Waals surface area contributed by atoms with Gasteiger partial charge in [0, 0.05) is 17.2 Å². The molecule has 3 nitrogen and oxygen atoms in total. The molecule has 0 saturated heterocycles. The van der Waals surface area contributed by atoms with Gasteiger partial charge >= 0.3 is 0 Å². The van der Waals surface area contributed by atoms with Crippen LogP contribution in [0.1, 0.15) is 30.0 Å². The Labute approximate surface area is 155 Å². The summed E-state index contributed by atoms with van der Waals surface area (Å²) in [7, 11) is 0. The van der Waals surface area contributed by atoms with Gasteiger partial charge in [0.1, 0.15) is 5.75 Å². The van der Waals surface area contributed by atoms with Gasteiger partial charge in [-0.05, 0) is 51.0 Å². The molecule has 0 aliphatic rings. The lowest BCUT2D eigenvalue weighted by Gasteiger charge is -2.19. The van der Waals surface area contributed by atoms with Crippen LogP contribution in [0.15, 0.2) is 47.4 Å². The van der Waals surface area contributed by atoms with Crippen molar-refractivity contribution in [2.24, 2.45) is 0 Å². The Morgan fingerprint density at radius 2 is 1.76 bits per heavy atom. The van der Waals surface area contributed by atoms with E-state index in [9.17, 15) is 4.79 Å². The highest BCUT2D eigenvalue weighted by Crippen LogP contribution is 2.21. The number of benzene rings is 2. The fourth-order valence-electron chi connectivity index (χ4n) is 2.50. The maximum Gasteiger partial charge on any atom is 0.261 e. The van der Waals surface area contributed by atoms with Gasteiger partial charge in [-0.2, -0.15) is 0 Å². The molecule has 0 heterocycles. The van der Waals surface area contributed by atoms with E-state index in [-0.39, 0.29) is 5.91 Å². The predicted octanol–water partition coefficient (Wildman–Crippen LogP) is 4.68. The number of hydrogen-bond acceptors (Lipinski definition) is 3. The lowest BCUT2D eigenvalue weighted by molar-refractivity contribution is -0.128. The largest absolute Gasteiger partial charge is 0.480 e. The van der Waals surface area contributed by atoms with Crippen molar-refractivity contribution in [1.29, 1.82) is 0 Å². The smallest absolute Gasteiger partial charge is 0.261 e. The molecule has 4 heteroatoms. The van der Waals surface area contributed by atoms with Gasteiger partial charge in [0.25, 0.3) is 5.91 Å². The second kappa shape index (κ2) is 9.52. The van der Waals surface area contributed by atoms with Gasteiger partial charge in [-0.25, -0.2) is 0 Å². The van der Waals surface area contributed by atoms with Gasteiger partial charge in [0.2, 0.25) is 0 Å². The minimum Gasteiger partial charge on any atom is -0.480 e. The average molecular weight is 358 g/mol. The second-order valence-electron chi connectivity index (χ2n) is 6.24. The summed E-state index contributed by atoms with van der Waals surface area (Å²) >= 11 is 1.74. The van der Waals surface area contributed by atoms with Crippen LogP contribution in [0.25, 0.3) is 0 Å². The number of ether oxygens (including phenoxy) is 1. The molecule has 0 aliphatic carbocycles. The molecule has 2 rings (SSSR count). The number of aryl methyl sites for hydroxylation is 3. The van der Waals surface area contributed by atoms with Crippen LogP contribution >= 0.6 is 11.8 Å². The van der Waals surface area contributed by atoms with Gasteiger partial charge in [0.05, 0.1) is 0 Å². The number of thioether (sulfide) groups is 1. The van der Waals surface area contributed by atoms with Crippen LogP contribution in [-0.4, -0.2) is 24.3 Å². The molecule has 0 saturated carbocycles. The zero-order valence-corrected chi connectivity index (χ0v) is 16.3. The number of rotatable bonds is 8.